The number of allylic oxidation sites excluding steroid dienone is 1. The van der Waals surface area contributed by atoms with Crippen LogP contribution < -0.4 is 4.72 Å². The Morgan fingerprint density at radius 1 is 1.05 bits per heavy atom. The van der Waals surface area contributed by atoms with E-state index in [0.717, 1.165) is 6.42 Å². The van der Waals surface area contributed by atoms with Crippen molar-refractivity contribution in [2.45, 2.75) is 66.9 Å². The number of aliphatic hydroxyl groups is 1. The van der Waals surface area contributed by atoms with Gasteiger partial charge in [0.2, 0.25) is 10.0 Å². The molecule has 126 valence electrons. The Hall–Kier alpha value is -0.390. The van der Waals surface area contributed by atoms with Gasteiger partial charge in [0.1, 0.15) is 0 Å². The minimum absolute atomic E-state index is 0.0441. The molecule has 0 aromatic rings. The fourth-order valence-electron chi connectivity index (χ4n) is 1.84. The molecule has 21 heavy (non-hydrogen) atoms. The third-order valence-corrected chi connectivity index (χ3v) is 4.99. The Morgan fingerprint density at radius 2 is 1.57 bits per heavy atom. The lowest BCUT2D eigenvalue weighted by molar-refractivity contribution is -0.0551. The minimum atomic E-state index is -3.40. The van der Waals surface area contributed by atoms with Gasteiger partial charge in [0.25, 0.3) is 0 Å². The van der Waals surface area contributed by atoms with Gasteiger partial charge in [-0.1, -0.05) is 60.6 Å². The van der Waals surface area contributed by atoms with E-state index >= 15 is 0 Å². The van der Waals surface area contributed by atoms with Crippen LogP contribution in [0.2, 0.25) is 0 Å². The van der Waals surface area contributed by atoms with Crippen molar-refractivity contribution < 1.29 is 13.5 Å². The Kier molecular flexibility index (Phi) is 7.11. The summed E-state index contributed by atoms with van der Waals surface area (Å²) in [6.45, 7) is 14.0. The molecule has 4 nitrogen and oxygen atoms in total. The number of rotatable bonds is 7. The summed E-state index contributed by atoms with van der Waals surface area (Å²) in [5.41, 5.74) is -1.27. The molecule has 5 heteroatoms. The second-order valence-corrected chi connectivity index (χ2v) is 9.83. The molecular weight excluding hydrogens is 286 g/mol. The van der Waals surface area contributed by atoms with Crippen molar-refractivity contribution in [2.75, 3.05) is 12.3 Å². The van der Waals surface area contributed by atoms with E-state index in [1.165, 1.54) is 0 Å². The Balaban J connectivity index is 4.57. The van der Waals surface area contributed by atoms with Gasteiger partial charge in [-0.15, -0.1) is 0 Å². The molecule has 0 saturated heterocycles. The van der Waals surface area contributed by atoms with E-state index in [1.54, 1.807) is 6.08 Å². The Morgan fingerprint density at radius 3 is 1.95 bits per heavy atom. The molecule has 0 aromatic heterocycles. The van der Waals surface area contributed by atoms with Crippen molar-refractivity contribution >= 4 is 10.0 Å². The normalized spacial score (nSPS) is 17.1. The average Bonchev–Trinajstić information content (AvgIpc) is 2.29. The standard InChI is InChI=1S/C16H33NO3S/c1-8-16(18,15(5,6)7)13-17-21(19,20)12-10-9-11-14(2,3)4/h9-10,17-18H,8,11-13H2,1-7H3/b10-9+/t16-/m1/s1. The molecule has 0 saturated carbocycles. The Bertz CT molecular complexity index is 441. The molecule has 0 radical (unpaired) electrons. The van der Waals surface area contributed by atoms with Gasteiger partial charge >= 0.3 is 0 Å². The SMILES string of the molecule is CC[C@@](O)(CNS(=O)(=O)C/C=C/CC(C)(C)C)C(C)(C)C. The van der Waals surface area contributed by atoms with E-state index in [1.807, 2.05) is 33.8 Å². The van der Waals surface area contributed by atoms with Crippen LogP contribution in [0.1, 0.15) is 61.3 Å². The number of sulfonamides is 1. The van der Waals surface area contributed by atoms with Gasteiger partial charge in [0.15, 0.2) is 0 Å². The molecule has 0 aliphatic carbocycles. The molecule has 0 amide bonds. The topological polar surface area (TPSA) is 66.4 Å². The Labute approximate surface area is 131 Å². The summed E-state index contributed by atoms with van der Waals surface area (Å²) in [6.07, 6.45) is 4.91. The summed E-state index contributed by atoms with van der Waals surface area (Å²) in [5, 5.41) is 10.6. The van der Waals surface area contributed by atoms with Crippen LogP contribution in [-0.2, 0) is 10.0 Å². The van der Waals surface area contributed by atoms with E-state index in [2.05, 4.69) is 25.5 Å². The van der Waals surface area contributed by atoms with Crippen molar-refractivity contribution in [3.05, 3.63) is 12.2 Å². The average molecular weight is 320 g/mol. The highest BCUT2D eigenvalue weighted by molar-refractivity contribution is 7.89. The van der Waals surface area contributed by atoms with Crippen molar-refractivity contribution in [1.82, 2.24) is 4.72 Å². The zero-order valence-electron chi connectivity index (χ0n) is 14.7. The lowest BCUT2D eigenvalue weighted by Gasteiger charge is -2.39. The fraction of sp³-hybridized carbons (Fsp3) is 0.875. The van der Waals surface area contributed by atoms with E-state index in [-0.39, 0.29) is 23.1 Å². The van der Waals surface area contributed by atoms with Gasteiger partial charge in [-0.25, -0.2) is 13.1 Å². The maximum Gasteiger partial charge on any atom is 0.215 e. The lowest BCUT2D eigenvalue weighted by Crippen LogP contribution is -2.51. The van der Waals surface area contributed by atoms with E-state index in [0.29, 0.717) is 6.42 Å². The van der Waals surface area contributed by atoms with Gasteiger partial charge in [-0.3, -0.25) is 0 Å². The second-order valence-electron chi connectivity index (χ2n) is 7.97. The maximum absolute atomic E-state index is 12.0. The van der Waals surface area contributed by atoms with Gasteiger partial charge in [0, 0.05) is 6.54 Å². The van der Waals surface area contributed by atoms with Crippen LogP contribution in [0.25, 0.3) is 0 Å². The highest BCUT2D eigenvalue weighted by Crippen LogP contribution is 2.32. The molecule has 0 aromatic carbocycles. The van der Waals surface area contributed by atoms with Crippen molar-refractivity contribution in [1.29, 1.82) is 0 Å². The molecule has 0 unspecified atom stereocenters. The zero-order chi connectivity index (χ0) is 16.9. The first-order valence-electron chi connectivity index (χ1n) is 7.57. The zero-order valence-corrected chi connectivity index (χ0v) is 15.5. The monoisotopic (exact) mass is 319 g/mol. The summed E-state index contributed by atoms with van der Waals surface area (Å²) >= 11 is 0. The van der Waals surface area contributed by atoms with Crippen LogP contribution in [0.4, 0.5) is 0 Å². The predicted octanol–water partition coefficient (Wildman–Crippen LogP) is 3.09. The van der Waals surface area contributed by atoms with Crippen molar-refractivity contribution in [3.8, 4) is 0 Å². The minimum Gasteiger partial charge on any atom is -0.388 e. The summed E-state index contributed by atoms with van der Waals surface area (Å²) in [7, 11) is -3.40. The summed E-state index contributed by atoms with van der Waals surface area (Å²) in [5.74, 6) is -0.0486. The van der Waals surface area contributed by atoms with Gasteiger partial charge < -0.3 is 5.11 Å². The predicted molar refractivity (Wildman–Crippen MR) is 89.7 cm³/mol. The molecule has 0 bridgehead atoms. The molecule has 0 fully saturated rings. The molecule has 0 aliphatic heterocycles. The third-order valence-electron chi connectivity index (χ3n) is 3.78. The van der Waals surface area contributed by atoms with Crippen LogP contribution >= 0.6 is 0 Å². The number of hydrogen-bond acceptors (Lipinski definition) is 3. The van der Waals surface area contributed by atoms with Gasteiger partial charge in [-0.2, -0.15) is 0 Å². The van der Waals surface area contributed by atoms with Crippen LogP contribution in [-0.4, -0.2) is 31.4 Å². The molecule has 0 heterocycles. The molecule has 1 atom stereocenters. The molecule has 0 aliphatic rings. The summed E-state index contributed by atoms with van der Waals surface area (Å²) in [6, 6.07) is 0. The first-order chi connectivity index (χ1) is 9.22. The highest BCUT2D eigenvalue weighted by Gasteiger charge is 2.38. The fourth-order valence-corrected chi connectivity index (χ4v) is 2.81. The quantitative estimate of drug-likeness (QED) is 0.709. The van der Waals surface area contributed by atoms with Crippen molar-refractivity contribution in [2.24, 2.45) is 10.8 Å². The van der Waals surface area contributed by atoms with Crippen LogP contribution in [0.5, 0.6) is 0 Å². The number of hydrogen-bond donors (Lipinski definition) is 2. The molecule has 0 spiro atoms. The van der Waals surface area contributed by atoms with E-state index in [4.69, 9.17) is 0 Å². The first kappa shape index (κ1) is 20.6. The lowest BCUT2D eigenvalue weighted by atomic mass is 9.75. The largest absolute Gasteiger partial charge is 0.388 e. The summed E-state index contributed by atoms with van der Waals surface area (Å²) in [4.78, 5) is 0. The second kappa shape index (κ2) is 7.25. The molecule has 2 N–H and O–H groups in total. The van der Waals surface area contributed by atoms with Gasteiger partial charge in [-0.05, 0) is 23.7 Å². The maximum atomic E-state index is 12.0. The van der Waals surface area contributed by atoms with Crippen molar-refractivity contribution in [3.63, 3.8) is 0 Å². The smallest absolute Gasteiger partial charge is 0.215 e. The highest BCUT2D eigenvalue weighted by atomic mass is 32.2. The van der Waals surface area contributed by atoms with E-state index in [9.17, 15) is 13.5 Å². The number of nitrogens with one attached hydrogen (secondary N) is 1. The molecule has 0 rings (SSSR count). The third kappa shape index (κ3) is 7.98. The van der Waals surface area contributed by atoms with Crippen LogP contribution in [0.3, 0.4) is 0 Å². The van der Waals surface area contributed by atoms with Crippen LogP contribution in [0, 0.1) is 10.8 Å². The summed E-state index contributed by atoms with van der Waals surface area (Å²) < 4.78 is 26.5. The first-order valence-corrected chi connectivity index (χ1v) is 9.22. The van der Waals surface area contributed by atoms with Crippen LogP contribution in [0.15, 0.2) is 12.2 Å². The van der Waals surface area contributed by atoms with E-state index < -0.39 is 15.6 Å². The molecular formula is C16H33NO3S. The van der Waals surface area contributed by atoms with Gasteiger partial charge in [0.05, 0.1) is 11.4 Å².